The molecule has 0 fully saturated rings. The van der Waals surface area contributed by atoms with Gasteiger partial charge in [-0.2, -0.15) is 8.42 Å². The lowest BCUT2D eigenvalue weighted by Gasteiger charge is -2.24. The average molecular weight is 351 g/mol. The Bertz CT molecular complexity index is 797. The lowest BCUT2D eigenvalue weighted by molar-refractivity contribution is -0.118. The summed E-state index contributed by atoms with van der Waals surface area (Å²) in [5.41, 5.74) is 0.692. The Morgan fingerprint density at radius 2 is 2.00 bits per heavy atom. The van der Waals surface area contributed by atoms with Crippen LogP contribution in [0.3, 0.4) is 0 Å². The predicted octanol–water partition coefficient (Wildman–Crippen LogP) is 1.33. The van der Waals surface area contributed by atoms with Crippen molar-refractivity contribution < 1.29 is 17.9 Å². The van der Waals surface area contributed by atoms with Gasteiger partial charge in [0.05, 0.1) is 12.8 Å². The predicted molar refractivity (Wildman–Crippen MR) is 92.1 cm³/mol. The van der Waals surface area contributed by atoms with Crippen LogP contribution in [0.1, 0.15) is 19.4 Å². The van der Waals surface area contributed by atoms with E-state index in [1.165, 1.54) is 20.2 Å². The van der Waals surface area contributed by atoms with E-state index in [1.807, 2.05) is 13.8 Å². The summed E-state index contributed by atoms with van der Waals surface area (Å²) in [4.78, 5) is 12.4. The molecule has 0 bridgehead atoms. The van der Waals surface area contributed by atoms with Crippen molar-refractivity contribution in [2.75, 3.05) is 20.7 Å². The molecule has 1 amide bonds. The average Bonchev–Trinajstić information content (AvgIpc) is 2.54. The van der Waals surface area contributed by atoms with Crippen LogP contribution >= 0.6 is 0 Å². The number of hydrogen-bond acceptors (Lipinski definition) is 4. The normalized spacial score (nSPS) is 16.5. The lowest BCUT2D eigenvalue weighted by atomic mass is 10.1. The second-order valence-electron chi connectivity index (χ2n) is 5.76. The van der Waals surface area contributed by atoms with E-state index < -0.39 is 16.1 Å². The Morgan fingerprint density at radius 3 is 2.62 bits per heavy atom. The number of methoxy groups -OCH3 is 1. The number of hydrogen-bond donors (Lipinski definition) is 1. The number of amides is 1. The quantitative estimate of drug-likeness (QED) is 0.867. The number of allylic oxidation sites excluding steroid dienone is 1. The van der Waals surface area contributed by atoms with Gasteiger partial charge in [-0.05, 0) is 24.1 Å². The molecule has 1 aromatic rings. The minimum Gasteiger partial charge on any atom is -0.496 e. The molecule has 130 valence electrons. The van der Waals surface area contributed by atoms with E-state index in [0.29, 0.717) is 17.9 Å². The molecular formula is C16H21N3O4S. The number of para-hydroxylation sites is 1. The molecule has 1 aliphatic rings. The number of carbonyl (C=O) groups excluding carboxylic acids is 1. The standard InChI is InChI=1S/C16H21N3O4S/c1-11(2)10-17-16(20)14-9-13(18-24(21,22)19(14)3)12-7-5-6-8-15(12)23-4/h5-9,11H,10H2,1-4H3,(H,17,20). The van der Waals surface area contributed by atoms with Gasteiger partial charge in [-0.1, -0.05) is 26.0 Å². The third kappa shape index (κ3) is 3.76. The molecule has 0 saturated carbocycles. The fourth-order valence-electron chi connectivity index (χ4n) is 2.14. The molecule has 0 spiro atoms. The first-order chi connectivity index (χ1) is 11.3. The van der Waals surface area contributed by atoms with Crippen LogP contribution in [0.25, 0.3) is 0 Å². The Balaban J connectivity index is 2.46. The highest BCUT2D eigenvalue weighted by atomic mass is 32.2. The molecule has 0 atom stereocenters. The summed E-state index contributed by atoms with van der Waals surface area (Å²) >= 11 is 0. The highest BCUT2D eigenvalue weighted by molar-refractivity contribution is 7.88. The maximum Gasteiger partial charge on any atom is 0.345 e. The van der Waals surface area contributed by atoms with Crippen molar-refractivity contribution in [3.05, 3.63) is 41.6 Å². The van der Waals surface area contributed by atoms with E-state index in [9.17, 15) is 13.2 Å². The van der Waals surface area contributed by atoms with Gasteiger partial charge in [-0.3, -0.25) is 4.79 Å². The van der Waals surface area contributed by atoms with Crippen LogP contribution in [0.15, 0.2) is 40.4 Å². The van der Waals surface area contributed by atoms with Gasteiger partial charge in [0.2, 0.25) is 0 Å². The first-order valence-electron chi connectivity index (χ1n) is 7.48. The maximum absolute atomic E-state index is 12.4. The number of carbonyl (C=O) groups is 1. The largest absolute Gasteiger partial charge is 0.496 e. The fraction of sp³-hybridized carbons (Fsp3) is 0.375. The molecule has 1 heterocycles. The van der Waals surface area contributed by atoms with Crippen molar-refractivity contribution in [3.8, 4) is 5.75 Å². The van der Waals surface area contributed by atoms with Crippen LogP contribution in [0.2, 0.25) is 0 Å². The van der Waals surface area contributed by atoms with Gasteiger partial charge in [-0.25, -0.2) is 4.31 Å². The summed E-state index contributed by atoms with van der Waals surface area (Å²) < 4.78 is 34.5. The highest BCUT2D eigenvalue weighted by Gasteiger charge is 2.30. The summed E-state index contributed by atoms with van der Waals surface area (Å²) in [5, 5.41) is 2.72. The Morgan fingerprint density at radius 1 is 1.33 bits per heavy atom. The molecule has 0 saturated heterocycles. The molecule has 1 aromatic carbocycles. The van der Waals surface area contributed by atoms with Gasteiger partial charge in [0.15, 0.2) is 0 Å². The molecule has 2 rings (SSSR count). The maximum atomic E-state index is 12.4. The van der Waals surface area contributed by atoms with Crippen molar-refractivity contribution in [2.45, 2.75) is 13.8 Å². The van der Waals surface area contributed by atoms with E-state index in [-0.39, 0.29) is 17.3 Å². The minimum atomic E-state index is -3.98. The smallest absolute Gasteiger partial charge is 0.345 e. The SMILES string of the molecule is COc1ccccc1C1=NS(=O)(=O)N(C)C(C(=O)NCC(C)C)=C1. The zero-order valence-electron chi connectivity index (χ0n) is 14.1. The highest BCUT2D eigenvalue weighted by Crippen LogP contribution is 2.25. The van der Waals surface area contributed by atoms with Gasteiger partial charge in [-0.15, -0.1) is 4.40 Å². The van der Waals surface area contributed by atoms with Crippen molar-refractivity contribution >= 4 is 21.8 Å². The number of rotatable bonds is 5. The third-order valence-corrected chi connectivity index (χ3v) is 4.78. The molecular weight excluding hydrogens is 330 g/mol. The number of nitrogens with zero attached hydrogens (tertiary/aromatic N) is 2. The van der Waals surface area contributed by atoms with Crippen LogP contribution in [0, 0.1) is 5.92 Å². The van der Waals surface area contributed by atoms with E-state index in [4.69, 9.17) is 4.74 Å². The molecule has 7 nitrogen and oxygen atoms in total. The number of nitrogens with one attached hydrogen (secondary N) is 1. The van der Waals surface area contributed by atoms with Crippen LogP contribution in [-0.4, -0.2) is 45.0 Å². The van der Waals surface area contributed by atoms with Crippen LogP contribution < -0.4 is 10.1 Å². The zero-order chi connectivity index (χ0) is 17.9. The molecule has 0 unspecified atom stereocenters. The Kier molecular flexibility index (Phi) is 5.28. The minimum absolute atomic E-state index is 0.0200. The Hall–Kier alpha value is -2.35. The van der Waals surface area contributed by atoms with E-state index in [2.05, 4.69) is 9.71 Å². The van der Waals surface area contributed by atoms with Crippen LogP contribution in [0.5, 0.6) is 5.75 Å². The van der Waals surface area contributed by atoms with E-state index in [0.717, 1.165) is 4.31 Å². The van der Waals surface area contributed by atoms with Gasteiger partial charge >= 0.3 is 10.2 Å². The van der Waals surface area contributed by atoms with E-state index >= 15 is 0 Å². The molecule has 0 radical (unpaired) electrons. The first-order valence-corrected chi connectivity index (χ1v) is 8.88. The van der Waals surface area contributed by atoms with Crippen LogP contribution in [0.4, 0.5) is 0 Å². The van der Waals surface area contributed by atoms with Gasteiger partial charge < -0.3 is 10.1 Å². The fourth-order valence-corrected chi connectivity index (χ4v) is 3.04. The molecule has 24 heavy (non-hydrogen) atoms. The molecule has 0 aliphatic carbocycles. The topological polar surface area (TPSA) is 88.1 Å². The zero-order valence-corrected chi connectivity index (χ0v) is 14.9. The van der Waals surface area contributed by atoms with Crippen molar-refractivity contribution in [1.82, 2.24) is 9.62 Å². The van der Waals surface area contributed by atoms with Crippen LogP contribution in [-0.2, 0) is 15.0 Å². The molecule has 1 N–H and O–H groups in total. The number of benzene rings is 1. The molecule has 0 aromatic heterocycles. The monoisotopic (exact) mass is 351 g/mol. The third-order valence-electron chi connectivity index (χ3n) is 3.46. The van der Waals surface area contributed by atoms with Gasteiger partial charge in [0, 0.05) is 19.2 Å². The summed E-state index contributed by atoms with van der Waals surface area (Å²) in [6, 6.07) is 6.91. The number of ether oxygens (including phenoxy) is 1. The first kappa shape index (κ1) is 18.0. The summed E-state index contributed by atoms with van der Waals surface area (Å²) in [6.07, 6.45) is 1.45. The second-order valence-corrected chi connectivity index (χ2v) is 7.38. The van der Waals surface area contributed by atoms with E-state index in [1.54, 1.807) is 24.3 Å². The summed E-state index contributed by atoms with van der Waals surface area (Å²) in [5.74, 6) is 0.272. The summed E-state index contributed by atoms with van der Waals surface area (Å²) in [7, 11) is -1.19. The van der Waals surface area contributed by atoms with Crippen molar-refractivity contribution in [2.24, 2.45) is 10.3 Å². The molecule has 1 aliphatic heterocycles. The second kappa shape index (κ2) is 7.04. The lowest BCUT2D eigenvalue weighted by Crippen LogP contribution is -2.39. The van der Waals surface area contributed by atoms with Crippen molar-refractivity contribution in [1.29, 1.82) is 0 Å². The van der Waals surface area contributed by atoms with Gasteiger partial charge in [0.25, 0.3) is 5.91 Å². The van der Waals surface area contributed by atoms with Crippen molar-refractivity contribution in [3.63, 3.8) is 0 Å². The Labute approximate surface area is 142 Å². The number of likely N-dealkylation sites (N-methyl/N-ethyl adjacent to an activating group) is 1. The molecule has 8 heteroatoms. The van der Waals surface area contributed by atoms with Gasteiger partial charge in [0.1, 0.15) is 11.4 Å². The summed E-state index contributed by atoms with van der Waals surface area (Å²) in [6.45, 7) is 4.36.